The summed E-state index contributed by atoms with van der Waals surface area (Å²) < 4.78 is 5.71. The van der Waals surface area contributed by atoms with Crippen LogP contribution in [0.4, 0.5) is 0 Å². The SMILES string of the molecule is CN(C)CCOc1ccc2c(c1)CNCC2.Cl. The van der Waals surface area contributed by atoms with Crippen molar-refractivity contribution in [2.45, 2.75) is 13.0 Å². The van der Waals surface area contributed by atoms with Crippen molar-refractivity contribution in [1.29, 1.82) is 0 Å². The van der Waals surface area contributed by atoms with E-state index in [4.69, 9.17) is 4.74 Å². The maximum Gasteiger partial charge on any atom is 0.119 e. The zero-order valence-corrected chi connectivity index (χ0v) is 11.3. The molecule has 0 spiro atoms. The minimum atomic E-state index is 0. The second-order valence-electron chi connectivity index (χ2n) is 4.51. The molecule has 1 aromatic rings. The summed E-state index contributed by atoms with van der Waals surface area (Å²) in [5.74, 6) is 0.990. The van der Waals surface area contributed by atoms with Gasteiger partial charge in [0.15, 0.2) is 0 Å². The van der Waals surface area contributed by atoms with Gasteiger partial charge in [-0.2, -0.15) is 0 Å². The van der Waals surface area contributed by atoms with Crippen molar-refractivity contribution >= 4 is 12.4 Å². The zero-order valence-electron chi connectivity index (χ0n) is 10.5. The van der Waals surface area contributed by atoms with E-state index in [1.54, 1.807) is 0 Å². The van der Waals surface area contributed by atoms with E-state index in [0.717, 1.165) is 38.4 Å². The van der Waals surface area contributed by atoms with Gasteiger partial charge in [0.05, 0.1) is 0 Å². The Morgan fingerprint density at radius 2 is 2.12 bits per heavy atom. The van der Waals surface area contributed by atoms with Crippen LogP contribution in [0.3, 0.4) is 0 Å². The van der Waals surface area contributed by atoms with E-state index in [0.29, 0.717) is 0 Å². The summed E-state index contributed by atoms with van der Waals surface area (Å²) >= 11 is 0. The molecule has 0 radical (unpaired) electrons. The molecule has 0 amide bonds. The molecular weight excluding hydrogens is 236 g/mol. The van der Waals surface area contributed by atoms with Crippen LogP contribution in [0.5, 0.6) is 5.75 Å². The molecule has 0 saturated carbocycles. The average molecular weight is 257 g/mol. The molecule has 96 valence electrons. The van der Waals surface area contributed by atoms with E-state index < -0.39 is 0 Å². The van der Waals surface area contributed by atoms with Gasteiger partial charge in [0.1, 0.15) is 12.4 Å². The number of hydrogen-bond donors (Lipinski definition) is 1. The molecule has 0 fully saturated rings. The second kappa shape index (κ2) is 6.84. The van der Waals surface area contributed by atoms with Gasteiger partial charge >= 0.3 is 0 Å². The molecule has 4 heteroatoms. The Hall–Kier alpha value is -0.770. The molecule has 1 aliphatic heterocycles. The third-order valence-electron chi connectivity index (χ3n) is 2.87. The first-order valence-corrected chi connectivity index (χ1v) is 5.86. The van der Waals surface area contributed by atoms with E-state index in [1.165, 1.54) is 11.1 Å². The normalized spacial score (nSPS) is 14.1. The molecular formula is C13H21ClN2O. The maximum absolute atomic E-state index is 5.71. The van der Waals surface area contributed by atoms with Crippen molar-refractivity contribution in [2.75, 3.05) is 33.8 Å². The van der Waals surface area contributed by atoms with E-state index in [2.05, 4.69) is 42.5 Å². The van der Waals surface area contributed by atoms with Crippen LogP contribution in [0.25, 0.3) is 0 Å². The Balaban J connectivity index is 0.00000144. The van der Waals surface area contributed by atoms with Gasteiger partial charge in [-0.15, -0.1) is 12.4 Å². The van der Waals surface area contributed by atoms with Gasteiger partial charge < -0.3 is 15.0 Å². The summed E-state index contributed by atoms with van der Waals surface area (Å²) in [5, 5.41) is 3.38. The molecule has 0 bridgehead atoms. The van der Waals surface area contributed by atoms with E-state index in [-0.39, 0.29) is 12.4 Å². The highest BCUT2D eigenvalue weighted by atomic mass is 35.5. The molecule has 0 atom stereocenters. The van der Waals surface area contributed by atoms with Gasteiger partial charge in [-0.1, -0.05) is 6.07 Å². The molecule has 0 aromatic heterocycles. The molecule has 3 nitrogen and oxygen atoms in total. The minimum absolute atomic E-state index is 0. The zero-order chi connectivity index (χ0) is 11.4. The average Bonchev–Trinajstić information content (AvgIpc) is 2.28. The fourth-order valence-corrected chi connectivity index (χ4v) is 1.89. The van der Waals surface area contributed by atoms with Crippen LogP contribution >= 0.6 is 12.4 Å². The summed E-state index contributed by atoms with van der Waals surface area (Å²) in [6, 6.07) is 6.44. The summed E-state index contributed by atoms with van der Waals surface area (Å²) in [4.78, 5) is 2.12. The van der Waals surface area contributed by atoms with Crippen LogP contribution in [-0.4, -0.2) is 38.7 Å². The summed E-state index contributed by atoms with van der Waals surface area (Å²) in [7, 11) is 4.11. The van der Waals surface area contributed by atoms with Crippen molar-refractivity contribution in [3.63, 3.8) is 0 Å². The van der Waals surface area contributed by atoms with Gasteiger partial charge in [0.25, 0.3) is 0 Å². The number of hydrogen-bond acceptors (Lipinski definition) is 3. The molecule has 1 N–H and O–H groups in total. The van der Waals surface area contributed by atoms with Crippen molar-refractivity contribution in [1.82, 2.24) is 10.2 Å². The lowest BCUT2D eigenvalue weighted by atomic mass is 10.0. The van der Waals surface area contributed by atoms with Crippen LogP contribution in [0.15, 0.2) is 18.2 Å². The number of nitrogens with one attached hydrogen (secondary N) is 1. The van der Waals surface area contributed by atoms with Gasteiger partial charge in [-0.3, -0.25) is 0 Å². The number of rotatable bonds is 4. The van der Waals surface area contributed by atoms with Crippen molar-refractivity contribution in [3.8, 4) is 5.75 Å². The molecule has 2 rings (SSSR count). The van der Waals surface area contributed by atoms with Gasteiger partial charge in [0, 0.05) is 13.1 Å². The first-order valence-electron chi connectivity index (χ1n) is 5.86. The standard InChI is InChI=1S/C13H20N2O.ClH/c1-15(2)7-8-16-13-4-3-11-5-6-14-10-12(11)9-13;/h3-4,9,14H,5-8,10H2,1-2H3;1H. The highest BCUT2D eigenvalue weighted by Crippen LogP contribution is 2.20. The molecule has 1 aromatic carbocycles. The predicted octanol–water partition coefficient (Wildman–Crippen LogP) is 1.69. The Morgan fingerprint density at radius 3 is 2.88 bits per heavy atom. The Morgan fingerprint density at radius 1 is 1.29 bits per heavy atom. The van der Waals surface area contributed by atoms with Crippen LogP contribution in [0.2, 0.25) is 0 Å². The minimum Gasteiger partial charge on any atom is -0.492 e. The lowest BCUT2D eigenvalue weighted by molar-refractivity contribution is 0.261. The van der Waals surface area contributed by atoms with Crippen molar-refractivity contribution < 1.29 is 4.74 Å². The smallest absolute Gasteiger partial charge is 0.119 e. The lowest BCUT2D eigenvalue weighted by Crippen LogP contribution is -2.23. The first-order chi connectivity index (χ1) is 7.75. The van der Waals surface area contributed by atoms with Crippen LogP contribution < -0.4 is 10.1 Å². The maximum atomic E-state index is 5.71. The number of ether oxygens (including phenoxy) is 1. The van der Waals surface area contributed by atoms with Crippen LogP contribution in [0, 0.1) is 0 Å². The summed E-state index contributed by atoms with van der Waals surface area (Å²) in [6.07, 6.45) is 1.13. The van der Waals surface area contributed by atoms with E-state index in [9.17, 15) is 0 Å². The van der Waals surface area contributed by atoms with Gasteiger partial charge in [0.2, 0.25) is 0 Å². The largest absolute Gasteiger partial charge is 0.492 e. The molecule has 0 saturated heterocycles. The van der Waals surface area contributed by atoms with E-state index >= 15 is 0 Å². The third kappa shape index (κ3) is 4.19. The Labute approximate surface area is 110 Å². The fraction of sp³-hybridized carbons (Fsp3) is 0.538. The lowest BCUT2D eigenvalue weighted by Gasteiger charge is -2.18. The Kier molecular flexibility index (Phi) is 5.75. The van der Waals surface area contributed by atoms with Crippen molar-refractivity contribution in [3.05, 3.63) is 29.3 Å². The van der Waals surface area contributed by atoms with Crippen LogP contribution in [0.1, 0.15) is 11.1 Å². The molecule has 0 aliphatic carbocycles. The van der Waals surface area contributed by atoms with Gasteiger partial charge in [-0.25, -0.2) is 0 Å². The molecule has 0 unspecified atom stereocenters. The van der Waals surface area contributed by atoms with Crippen LogP contribution in [-0.2, 0) is 13.0 Å². The fourth-order valence-electron chi connectivity index (χ4n) is 1.89. The second-order valence-corrected chi connectivity index (χ2v) is 4.51. The Bertz CT molecular complexity index is 355. The predicted molar refractivity (Wildman–Crippen MR) is 73.1 cm³/mol. The number of likely N-dealkylation sites (N-methyl/N-ethyl adjacent to an activating group) is 1. The molecule has 17 heavy (non-hydrogen) atoms. The topological polar surface area (TPSA) is 24.5 Å². The monoisotopic (exact) mass is 256 g/mol. The van der Waals surface area contributed by atoms with Crippen molar-refractivity contribution in [2.24, 2.45) is 0 Å². The number of benzene rings is 1. The first kappa shape index (κ1) is 14.3. The van der Waals surface area contributed by atoms with E-state index in [1.807, 2.05) is 0 Å². The molecule has 1 heterocycles. The third-order valence-corrected chi connectivity index (χ3v) is 2.87. The highest BCUT2D eigenvalue weighted by Gasteiger charge is 2.08. The van der Waals surface area contributed by atoms with Gasteiger partial charge in [-0.05, 0) is 50.3 Å². The summed E-state index contributed by atoms with van der Waals surface area (Å²) in [5.41, 5.74) is 2.84. The molecule has 1 aliphatic rings. The number of fused-ring (bicyclic) bond motifs is 1. The number of halogens is 1. The summed E-state index contributed by atoms with van der Waals surface area (Å²) in [6.45, 7) is 3.77. The highest BCUT2D eigenvalue weighted by molar-refractivity contribution is 5.85. The number of nitrogens with zero attached hydrogens (tertiary/aromatic N) is 1. The quantitative estimate of drug-likeness (QED) is 0.888.